The molecule has 1 fully saturated rings. The summed E-state index contributed by atoms with van der Waals surface area (Å²) in [5.41, 5.74) is 0.209. The van der Waals surface area contributed by atoms with Gasteiger partial charge in [0.2, 0.25) is 0 Å². The number of nitrogens with zero attached hydrogens (tertiary/aromatic N) is 1. The zero-order valence-corrected chi connectivity index (χ0v) is 6.63. The molecular formula is C8H12N2O. The van der Waals surface area contributed by atoms with Gasteiger partial charge in [0.05, 0.1) is 0 Å². The molecule has 0 amide bonds. The van der Waals surface area contributed by atoms with Crippen molar-refractivity contribution in [3.05, 3.63) is 22.9 Å². The zero-order chi connectivity index (χ0) is 7.90. The second-order valence-corrected chi connectivity index (χ2v) is 3.21. The van der Waals surface area contributed by atoms with E-state index in [0.717, 1.165) is 19.3 Å². The summed E-state index contributed by atoms with van der Waals surface area (Å²) in [6.07, 6.45) is 6.92. The Morgan fingerprint density at radius 1 is 1.73 bits per heavy atom. The van der Waals surface area contributed by atoms with Gasteiger partial charge in [-0.05, 0) is 19.3 Å². The third-order valence-electron chi connectivity index (χ3n) is 2.65. The lowest BCUT2D eigenvalue weighted by atomic mass is 10.2. The second-order valence-electron chi connectivity index (χ2n) is 3.21. The predicted molar refractivity (Wildman–Crippen MR) is 42.6 cm³/mol. The molecule has 60 valence electrons. The Morgan fingerprint density at radius 3 is 2.82 bits per heavy atom. The Balaban J connectivity index is 2.43. The van der Waals surface area contributed by atoms with Crippen LogP contribution in [0.25, 0.3) is 0 Å². The summed E-state index contributed by atoms with van der Waals surface area (Å²) in [5, 5.41) is 0. The van der Waals surface area contributed by atoms with E-state index in [1.165, 1.54) is 0 Å². The van der Waals surface area contributed by atoms with E-state index in [4.69, 9.17) is 0 Å². The van der Waals surface area contributed by atoms with Gasteiger partial charge in [0.1, 0.15) is 0 Å². The molecule has 0 bridgehead atoms. The normalized spacial score (nSPS) is 20.1. The van der Waals surface area contributed by atoms with E-state index >= 15 is 0 Å². The Labute approximate surface area is 65.1 Å². The van der Waals surface area contributed by atoms with Gasteiger partial charge in [0.25, 0.3) is 0 Å². The molecule has 1 aliphatic rings. The molecular weight excluding hydrogens is 140 g/mol. The molecule has 1 aromatic heterocycles. The van der Waals surface area contributed by atoms with Gasteiger partial charge in [-0.15, -0.1) is 0 Å². The average Bonchev–Trinajstić information content (AvgIpc) is 2.70. The van der Waals surface area contributed by atoms with E-state index in [9.17, 15) is 4.79 Å². The number of nitrogens with one attached hydrogen (secondary N) is 1. The van der Waals surface area contributed by atoms with Crippen molar-refractivity contribution in [3.63, 3.8) is 0 Å². The number of aromatic nitrogens is 2. The number of H-pyrrole nitrogens is 1. The number of aromatic amines is 1. The van der Waals surface area contributed by atoms with E-state index in [2.05, 4.69) is 11.9 Å². The minimum atomic E-state index is 0.0318. The Bertz CT molecular complexity index is 306. The van der Waals surface area contributed by atoms with E-state index in [1.54, 1.807) is 6.20 Å². The average molecular weight is 152 g/mol. The maximum atomic E-state index is 11.2. The summed E-state index contributed by atoms with van der Waals surface area (Å²) in [6, 6.07) is 0. The van der Waals surface area contributed by atoms with E-state index in [1.807, 2.05) is 10.8 Å². The zero-order valence-electron chi connectivity index (χ0n) is 6.63. The first-order valence-corrected chi connectivity index (χ1v) is 4.05. The van der Waals surface area contributed by atoms with Crippen LogP contribution in [0.2, 0.25) is 0 Å². The standard InChI is InChI=1S/C8H12N2O/c1-2-8(3-4-8)10-6-5-9-7(10)11/h5-6H,2-4H2,1H3,(H,9,11). The summed E-state index contributed by atoms with van der Waals surface area (Å²) < 4.78 is 1.83. The number of hydrogen-bond donors (Lipinski definition) is 1. The molecule has 11 heavy (non-hydrogen) atoms. The summed E-state index contributed by atoms with van der Waals surface area (Å²) in [5.74, 6) is 0. The third kappa shape index (κ3) is 0.836. The SMILES string of the molecule is CCC1(n2cc[nH]c2=O)CC1. The van der Waals surface area contributed by atoms with Gasteiger partial charge in [-0.2, -0.15) is 0 Å². The van der Waals surface area contributed by atoms with Crippen molar-refractivity contribution in [1.82, 2.24) is 9.55 Å². The van der Waals surface area contributed by atoms with Crippen molar-refractivity contribution >= 4 is 0 Å². The van der Waals surface area contributed by atoms with Gasteiger partial charge >= 0.3 is 5.69 Å². The Morgan fingerprint density at radius 2 is 2.45 bits per heavy atom. The monoisotopic (exact) mass is 152 g/mol. The van der Waals surface area contributed by atoms with Crippen LogP contribution in [-0.2, 0) is 5.54 Å². The molecule has 1 N–H and O–H groups in total. The van der Waals surface area contributed by atoms with Crippen molar-refractivity contribution in [2.24, 2.45) is 0 Å². The topological polar surface area (TPSA) is 37.8 Å². The molecule has 3 heteroatoms. The molecule has 1 heterocycles. The molecule has 0 aliphatic heterocycles. The summed E-state index contributed by atoms with van der Waals surface area (Å²) >= 11 is 0. The predicted octanol–water partition coefficient (Wildman–Crippen LogP) is 1.08. The van der Waals surface area contributed by atoms with Crippen LogP contribution >= 0.6 is 0 Å². The fraction of sp³-hybridized carbons (Fsp3) is 0.625. The van der Waals surface area contributed by atoms with Gasteiger partial charge in [-0.3, -0.25) is 4.57 Å². The number of imidazole rings is 1. The summed E-state index contributed by atoms with van der Waals surface area (Å²) in [7, 11) is 0. The van der Waals surface area contributed by atoms with Crippen molar-refractivity contribution in [2.75, 3.05) is 0 Å². The summed E-state index contributed by atoms with van der Waals surface area (Å²) in [6.45, 7) is 2.13. The molecule has 1 aliphatic carbocycles. The highest BCUT2D eigenvalue weighted by molar-refractivity contribution is 5.01. The van der Waals surface area contributed by atoms with Crippen LogP contribution in [0.5, 0.6) is 0 Å². The number of hydrogen-bond acceptors (Lipinski definition) is 1. The van der Waals surface area contributed by atoms with Crippen LogP contribution in [0.4, 0.5) is 0 Å². The van der Waals surface area contributed by atoms with Crippen LogP contribution in [0, 0.1) is 0 Å². The van der Waals surface area contributed by atoms with E-state index < -0.39 is 0 Å². The minimum absolute atomic E-state index is 0.0318. The van der Waals surface area contributed by atoms with Crippen LogP contribution in [0.15, 0.2) is 17.2 Å². The maximum absolute atomic E-state index is 11.2. The van der Waals surface area contributed by atoms with Crippen molar-refractivity contribution < 1.29 is 0 Å². The lowest BCUT2D eigenvalue weighted by Gasteiger charge is -2.11. The highest BCUT2D eigenvalue weighted by Crippen LogP contribution is 2.45. The molecule has 1 saturated carbocycles. The van der Waals surface area contributed by atoms with Crippen molar-refractivity contribution in [2.45, 2.75) is 31.7 Å². The van der Waals surface area contributed by atoms with Crippen LogP contribution in [0.3, 0.4) is 0 Å². The molecule has 0 saturated heterocycles. The van der Waals surface area contributed by atoms with Crippen LogP contribution in [-0.4, -0.2) is 9.55 Å². The molecule has 0 aromatic carbocycles. The lowest BCUT2D eigenvalue weighted by Crippen LogP contribution is -2.26. The van der Waals surface area contributed by atoms with Gasteiger partial charge in [-0.1, -0.05) is 6.92 Å². The molecule has 0 unspecified atom stereocenters. The largest absolute Gasteiger partial charge is 0.325 e. The molecule has 3 nitrogen and oxygen atoms in total. The minimum Gasteiger partial charge on any atom is -0.313 e. The fourth-order valence-corrected chi connectivity index (χ4v) is 1.60. The van der Waals surface area contributed by atoms with Gasteiger partial charge in [-0.25, -0.2) is 4.79 Å². The van der Waals surface area contributed by atoms with E-state index in [-0.39, 0.29) is 11.2 Å². The molecule has 0 radical (unpaired) electrons. The maximum Gasteiger partial charge on any atom is 0.325 e. The third-order valence-corrected chi connectivity index (χ3v) is 2.65. The molecule has 0 atom stereocenters. The van der Waals surface area contributed by atoms with Crippen LogP contribution < -0.4 is 5.69 Å². The van der Waals surface area contributed by atoms with E-state index in [0.29, 0.717) is 0 Å². The first-order valence-electron chi connectivity index (χ1n) is 4.05. The second kappa shape index (κ2) is 2.00. The lowest BCUT2D eigenvalue weighted by molar-refractivity contribution is 0.452. The highest BCUT2D eigenvalue weighted by atomic mass is 16.1. The Kier molecular flexibility index (Phi) is 1.22. The van der Waals surface area contributed by atoms with Crippen molar-refractivity contribution in [3.8, 4) is 0 Å². The fourth-order valence-electron chi connectivity index (χ4n) is 1.60. The number of rotatable bonds is 2. The first kappa shape index (κ1) is 6.70. The highest BCUT2D eigenvalue weighted by Gasteiger charge is 2.43. The molecule has 0 spiro atoms. The summed E-state index contributed by atoms with van der Waals surface area (Å²) in [4.78, 5) is 13.8. The first-order chi connectivity index (χ1) is 5.28. The van der Waals surface area contributed by atoms with Gasteiger partial charge in [0, 0.05) is 17.9 Å². The smallest absolute Gasteiger partial charge is 0.313 e. The van der Waals surface area contributed by atoms with Gasteiger partial charge in [0.15, 0.2) is 0 Å². The Hall–Kier alpha value is -0.990. The molecule has 2 rings (SSSR count). The quantitative estimate of drug-likeness (QED) is 0.676. The van der Waals surface area contributed by atoms with Crippen molar-refractivity contribution in [1.29, 1.82) is 0 Å². The van der Waals surface area contributed by atoms with Gasteiger partial charge < -0.3 is 4.98 Å². The molecule has 1 aromatic rings. The van der Waals surface area contributed by atoms with Crippen LogP contribution in [0.1, 0.15) is 26.2 Å².